The van der Waals surface area contributed by atoms with Crippen molar-refractivity contribution in [3.8, 4) is 0 Å². The van der Waals surface area contributed by atoms with Crippen molar-refractivity contribution < 1.29 is 0 Å². The van der Waals surface area contributed by atoms with E-state index in [1.165, 1.54) is 0 Å². The highest BCUT2D eigenvalue weighted by molar-refractivity contribution is 6.80. The van der Waals surface area contributed by atoms with Gasteiger partial charge in [-0.3, -0.25) is 0 Å². The standard InChI is InChI=1S/3CH4.ClH3Si.ClH.H4Si/c;;;1-2;;/h3*1H4;2H3;1H;1H4. The Morgan fingerprint density at radius 1 is 0.857 bits per heavy atom. The quantitative estimate of drug-likeness (QED) is 0.376. The minimum atomic E-state index is 0. The van der Waals surface area contributed by atoms with Gasteiger partial charge in [0.15, 0.2) is 0 Å². The van der Waals surface area contributed by atoms with E-state index in [2.05, 4.69) is 0 Å². The third-order valence-electron chi connectivity index (χ3n) is 0. The highest BCUT2D eigenvalue weighted by Gasteiger charge is 0.975. The molecule has 0 saturated carbocycles. The molecule has 0 amide bonds. The van der Waals surface area contributed by atoms with Gasteiger partial charge in [0, 0.05) is 0 Å². The summed E-state index contributed by atoms with van der Waals surface area (Å²) >= 11 is 4.78. The number of hydrogen-bond acceptors (Lipinski definition) is 0. The molecule has 0 unspecified atom stereocenters. The van der Waals surface area contributed by atoms with Gasteiger partial charge < -0.3 is 0 Å². The third-order valence-corrected chi connectivity index (χ3v) is 0. The molecule has 0 nitrogen and oxygen atoms in total. The molecule has 54 valence electrons. The van der Waals surface area contributed by atoms with Gasteiger partial charge in [0.05, 0.1) is 0 Å². The predicted octanol–water partition coefficient (Wildman–Crippen LogP) is 0.384. The van der Waals surface area contributed by atoms with Crippen molar-refractivity contribution in [3.05, 3.63) is 0 Å². The van der Waals surface area contributed by atoms with Crippen molar-refractivity contribution in [2.24, 2.45) is 0 Å². The van der Waals surface area contributed by atoms with Crippen LogP contribution in [0.3, 0.4) is 0 Å². The lowest BCUT2D eigenvalue weighted by Crippen LogP contribution is -0.980. The van der Waals surface area contributed by atoms with Crippen LogP contribution in [0.25, 0.3) is 0 Å². The summed E-state index contributed by atoms with van der Waals surface area (Å²) in [6, 6.07) is 0. The van der Waals surface area contributed by atoms with Gasteiger partial charge in [0.25, 0.3) is 0 Å². The van der Waals surface area contributed by atoms with E-state index in [0.717, 1.165) is 9.55 Å². The van der Waals surface area contributed by atoms with E-state index in [-0.39, 0.29) is 45.7 Å². The highest BCUT2D eigenvalue weighted by Crippen LogP contribution is 1.29. The number of halogens is 2. The molecule has 0 bridgehead atoms. The Labute approximate surface area is 66.6 Å². The van der Waals surface area contributed by atoms with Crippen LogP contribution in [0.4, 0.5) is 0 Å². The number of hydrogen-bond donors (Lipinski definition) is 0. The molecule has 0 aliphatic carbocycles. The average Bonchev–Trinajstić information content (AvgIpc) is 1.00. The normalized spacial score (nSPS) is 1.29. The first kappa shape index (κ1) is 97.2. The lowest BCUT2D eigenvalue weighted by Gasteiger charge is -1.05. The molecule has 0 saturated heterocycles. The molecule has 0 aliphatic heterocycles. The smallest absolute Gasteiger partial charge is 0.109 e. The molecule has 4 heteroatoms. The Kier molecular flexibility index (Phi) is 3430. The van der Waals surface area contributed by atoms with Crippen molar-refractivity contribution >= 4 is 44.0 Å². The molecule has 0 N–H and O–H groups in total. The Hall–Kier alpha value is 1.01. The van der Waals surface area contributed by atoms with Crippen LogP contribution in [0, 0.1) is 0 Å². The first-order valence-corrected chi connectivity index (χ1v) is 3.40. The first-order chi connectivity index (χ1) is 1.00. The summed E-state index contributed by atoms with van der Waals surface area (Å²) in [5.41, 5.74) is 0. The Balaban J connectivity index is -0.000000000500. The van der Waals surface area contributed by atoms with Gasteiger partial charge in [-0.25, -0.2) is 0 Å². The van der Waals surface area contributed by atoms with Gasteiger partial charge in [-0.1, -0.05) is 22.3 Å². The maximum atomic E-state index is 4.78. The lowest BCUT2D eigenvalue weighted by atomic mass is 12.0. The topological polar surface area (TPSA) is 0 Å². The SMILES string of the molecule is C.C.C.Cl.[SiH3]Cl.[SiH4]. The summed E-state index contributed by atoms with van der Waals surface area (Å²) in [5.74, 6) is 0. The zero-order valence-electron chi connectivity index (χ0n) is 1.79. The second-order valence-electron chi connectivity index (χ2n) is 0. The van der Waals surface area contributed by atoms with Crippen LogP contribution >= 0.6 is 23.5 Å². The Morgan fingerprint density at radius 3 is 0.857 bits per heavy atom. The van der Waals surface area contributed by atoms with Gasteiger partial charge in [-0.15, -0.1) is 12.4 Å². The minimum absolute atomic E-state index is 0. The molecular weight excluding hydrogens is 163 g/mol. The Bertz CT molecular complexity index is 10.9. The van der Waals surface area contributed by atoms with Gasteiger partial charge >= 0.3 is 0 Å². The lowest BCUT2D eigenvalue weighted by molar-refractivity contribution is 2.50. The molecule has 0 spiro atoms. The molecule has 0 aromatic rings. The van der Waals surface area contributed by atoms with E-state index < -0.39 is 0 Å². The second-order valence-corrected chi connectivity index (χ2v) is 0. The zero-order valence-corrected chi connectivity index (χ0v) is 5.36. The molecule has 0 aliphatic rings. The fourth-order valence-corrected chi connectivity index (χ4v) is 0. The second kappa shape index (κ2) is 247. The van der Waals surface area contributed by atoms with Gasteiger partial charge in [0.2, 0.25) is 0 Å². The molecule has 0 fully saturated rings. The molecule has 7 heavy (non-hydrogen) atoms. The van der Waals surface area contributed by atoms with Crippen LogP contribution in [0.15, 0.2) is 0 Å². The van der Waals surface area contributed by atoms with Gasteiger partial charge in [-0.2, -0.15) is 11.1 Å². The minimum Gasteiger partial charge on any atom is -0.181 e. The van der Waals surface area contributed by atoms with Crippen LogP contribution in [-0.4, -0.2) is 20.5 Å². The van der Waals surface area contributed by atoms with Crippen LogP contribution in [0.1, 0.15) is 22.3 Å². The summed E-state index contributed by atoms with van der Waals surface area (Å²) in [5, 5.41) is 0. The van der Waals surface area contributed by atoms with Crippen LogP contribution in [0.2, 0.25) is 0 Å². The predicted molar refractivity (Wildman–Crippen MR) is 54.6 cm³/mol. The van der Waals surface area contributed by atoms with Gasteiger partial charge in [0.1, 0.15) is 9.55 Å². The molecule has 0 radical (unpaired) electrons. The maximum Gasteiger partial charge on any atom is 0.109 e. The highest BCUT2D eigenvalue weighted by atomic mass is 35.6. The van der Waals surface area contributed by atoms with E-state index in [1.807, 2.05) is 0 Å². The first-order valence-electron chi connectivity index (χ1n) is 0.378. The molecule has 0 heterocycles. The zero-order chi connectivity index (χ0) is 2.00. The Morgan fingerprint density at radius 2 is 0.857 bits per heavy atom. The molecule has 0 atom stereocenters. The van der Waals surface area contributed by atoms with Crippen LogP contribution in [0.5, 0.6) is 0 Å². The fourth-order valence-electron chi connectivity index (χ4n) is 0. The summed E-state index contributed by atoms with van der Waals surface area (Å²) < 4.78 is 0. The van der Waals surface area contributed by atoms with E-state index in [1.54, 1.807) is 0 Å². The summed E-state index contributed by atoms with van der Waals surface area (Å²) in [7, 11) is 0.778. The average molecular weight is 183 g/mol. The van der Waals surface area contributed by atoms with Crippen LogP contribution < -0.4 is 0 Å². The fraction of sp³-hybridized carbons (Fsp3) is 1.00. The van der Waals surface area contributed by atoms with Crippen molar-refractivity contribution in [1.29, 1.82) is 0 Å². The summed E-state index contributed by atoms with van der Waals surface area (Å²) in [6.45, 7) is 0. The number of rotatable bonds is 0. The molecule has 0 aromatic carbocycles. The van der Waals surface area contributed by atoms with Crippen molar-refractivity contribution in [1.82, 2.24) is 0 Å². The maximum absolute atomic E-state index is 4.78. The van der Waals surface area contributed by atoms with E-state index >= 15 is 0 Å². The van der Waals surface area contributed by atoms with Crippen molar-refractivity contribution in [3.63, 3.8) is 0 Å². The van der Waals surface area contributed by atoms with Crippen molar-refractivity contribution in [2.45, 2.75) is 22.3 Å². The van der Waals surface area contributed by atoms with E-state index in [0.29, 0.717) is 0 Å². The van der Waals surface area contributed by atoms with E-state index in [4.69, 9.17) is 11.1 Å². The largest absolute Gasteiger partial charge is 0.181 e. The summed E-state index contributed by atoms with van der Waals surface area (Å²) in [6.07, 6.45) is 0. The molecular formula is C3H20Cl2Si2. The molecule has 0 rings (SSSR count). The van der Waals surface area contributed by atoms with Crippen LogP contribution in [-0.2, 0) is 0 Å². The van der Waals surface area contributed by atoms with Gasteiger partial charge in [-0.05, 0) is 11.0 Å². The monoisotopic (exact) mass is 182 g/mol. The van der Waals surface area contributed by atoms with Crippen molar-refractivity contribution in [2.75, 3.05) is 0 Å². The summed E-state index contributed by atoms with van der Waals surface area (Å²) in [4.78, 5) is 0. The molecule has 0 aromatic heterocycles. The third kappa shape index (κ3) is 172. The van der Waals surface area contributed by atoms with E-state index in [9.17, 15) is 0 Å².